The molecule has 0 radical (unpaired) electrons. The Morgan fingerprint density at radius 1 is 1.06 bits per heavy atom. The number of aromatic hydroxyl groups is 1. The van der Waals surface area contributed by atoms with Crippen molar-refractivity contribution in [3.8, 4) is 5.75 Å². The second-order valence-corrected chi connectivity index (χ2v) is 5.27. The minimum absolute atomic E-state index is 0.138. The van der Waals surface area contributed by atoms with Crippen molar-refractivity contribution in [3.63, 3.8) is 0 Å². The highest BCUT2D eigenvalue weighted by molar-refractivity contribution is 7.99. The van der Waals surface area contributed by atoms with Crippen molar-refractivity contribution in [2.45, 2.75) is 11.3 Å². The first-order chi connectivity index (χ1) is 8.25. The fraction of sp³-hybridized carbons (Fsp3) is 0.143. The zero-order valence-electron chi connectivity index (χ0n) is 9.27. The molecule has 0 aliphatic carbocycles. The van der Waals surface area contributed by atoms with Crippen LogP contribution in [0.15, 0.2) is 53.4 Å². The molecule has 17 heavy (non-hydrogen) atoms. The Bertz CT molecular complexity index is 485. The first-order valence-electron chi connectivity index (χ1n) is 5.41. The minimum Gasteiger partial charge on any atom is -0.506 e. The van der Waals surface area contributed by atoms with Crippen LogP contribution < -0.4 is 0 Å². The average molecular weight is 265 g/mol. The summed E-state index contributed by atoms with van der Waals surface area (Å²) < 4.78 is 0. The summed E-state index contributed by atoms with van der Waals surface area (Å²) in [5.74, 6) is 1.14. The highest BCUT2D eigenvalue weighted by Gasteiger charge is 2.00. The van der Waals surface area contributed by atoms with E-state index in [2.05, 4.69) is 24.3 Å². The van der Waals surface area contributed by atoms with Crippen molar-refractivity contribution >= 4 is 23.4 Å². The minimum atomic E-state index is 0.138. The van der Waals surface area contributed by atoms with Gasteiger partial charge < -0.3 is 5.11 Å². The standard InChI is InChI=1S/C14H13ClOS/c15-13-10-12(6-7-14(13)16)17-9-8-11-4-2-1-3-5-11/h1-7,10,16H,8-9H2. The quantitative estimate of drug-likeness (QED) is 0.827. The molecule has 0 spiro atoms. The number of halogens is 1. The summed E-state index contributed by atoms with van der Waals surface area (Å²) in [5, 5.41) is 9.72. The van der Waals surface area contributed by atoms with Gasteiger partial charge in [-0.2, -0.15) is 0 Å². The fourth-order valence-electron chi connectivity index (χ4n) is 1.51. The molecule has 0 aliphatic rings. The topological polar surface area (TPSA) is 20.2 Å². The summed E-state index contributed by atoms with van der Waals surface area (Å²) in [6, 6.07) is 15.7. The van der Waals surface area contributed by atoms with Crippen LogP contribution >= 0.6 is 23.4 Å². The van der Waals surface area contributed by atoms with Gasteiger partial charge in [0, 0.05) is 10.6 Å². The summed E-state index contributed by atoms with van der Waals surface area (Å²) in [6.07, 6.45) is 1.03. The predicted octanol–water partition coefficient (Wildman–Crippen LogP) is 4.38. The molecular weight excluding hydrogens is 252 g/mol. The Morgan fingerprint density at radius 2 is 1.82 bits per heavy atom. The van der Waals surface area contributed by atoms with Crippen LogP contribution in [0.3, 0.4) is 0 Å². The van der Waals surface area contributed by atoms with Crippen LogP contribution in [0.1, 0.15) is 5.56 Å². The number of phenols is 1. The van der Waals surface area contributed by atoms with Crippen molar-refractivity contribution < 1.29 is 5.11 Å². The molecule has 0 saturated heterocycles. The molecule has 0 heterocycles. The normalized spacial score (nSPS) is 10.4. The van der Waals surface area contributed by atoms with Gasteiger partial charge in [0.05, 0.1) is 5.02 Å². The van der Waals surface area contributed by atoms with E-state index < -0.39 is 0 Å². The van der Waals surface area contributed by atoms with Gasteiger partial charge >= 0.3 is 0 Å². The Labute approximate surface area is 110 Å². The highest BCUT2D eigenvalue weighted by atomic mass is 35.5. The molecule has 0 amide bonds. The summed E-state index contributed by atoms with van der Waals surface area (Å²) >= 11 is 7.59. The third kappa shape index (κ3) is 3.69. The Kier molecular flexibility index (Phi) is 4.35. The third-order valence-electron chi connectivity index (χ3n) is 2.42. The van der Waals surface area contributed by atoms with E-state index in [1.54, 1.807) is 23.9 Å². The van der Waals surface area contributed by atoms with E-state index in [1.807, 2.05) is 12.1 Å². The summed E-state index contributed by atoms with van der Waals surface area (Å²) in [7, 11) is 0. The van der Waals surface area contributed by atoms with Gasteiger partial charge in [-0.3, -0.25) is 0 Å². The second kappa shape index (κ2) is 5.99. The second-order valence-electron chi connectivity index (χ2n) is 3.70. The van der Waals surface area contributed by atoms with Crippen LogP contribution in [0, 0.1) is 0 Å². The SMILES string of the molecule is Oc1ccc(SCCc2ccccc2)cc1Cl. The number of aryl methyl sites for hydroxylation is 1. The Hall–Kier alpha value is -1.12. The first kappa shape index (κ1) is 12.3. The van der Waals surface area contributed by atoms with Gasteiger partial charge in [-0.1, -0.05) is 41.9 Å². The average Bonchev–Trinajstić information content (AvgIpc) is 2.35. The van der Waals surface area contributed by atoms with Crippen LogP contribution in [-0.2, 0) is 6.42 Å². The van der Waals surface area contributed by atoms with Gasteiger partial charge in [-0.15, -0.1) is 11.8 Å². The molecule has 0 bridgehead atoms. The molecule has 1 nitrogen and oxygen atoms in total. The molecule has 3 heteroatoms. The van der Waals surface area contributed by atoms with Crippen LogP contribution in [-0.4, -0.2) is 10.9 Å². The van der Waals surface area contributed by atoms with Crippen molar-refractivity contribution in [1.29, 1.82) is 0 Å². The molecule has 2 rings (SSSR count). The van der Waals surface area contributed by atoms with Gasteiger partial charge in [-0.25, -0.2) is 0 Å². The van der Waals surface area contributed by atoms with Crippen molar-refractivity contribution in [2.75, 3.05) is 5.75 Å². The zero-order chi connectivity index (χ0) is 12.1. The molecule has 0 atom stereocenters. The summed E-state index contributed by atoms with van der Waals surface area (Å²) in [5.41, 5.74) is 1.34. The maximum absolute atomic E-state index is 9.31. The lowest BCUT2D eigenvalue weighted by Crippen LogP contribution is -1.87. The highest BCUT2D eigenvalue weighted by Crippen LogP contribution is 2.29. The summed E-state index contributed by atoms with van der Waals surface area (Å²) in [4.78, 5) is 1.09. The van der Waals surface area contributed by atoms with Crippen LogP contribution in [0.2, 0.25) is 5.02 Å². The van der Waals surface area contributed by atoms with Crippen LogP contribution in [0.5, 0.6) is 5.75 Å². The molecule has 0 aliphatic heterocycles. The molecule has 2 aromatic rings. The number of rotatable bonds is 4. The van der Waals surface area contributed by atoms with Crippen molar-refractivity contribution in [3.05, 3.63) is 59.1 Å². The molecule has 0 aromatic heterocycles. The Balaban J connectivity index is 1.88. The molecule has 0 unspecified atom stereocenters. The number of benzene rings is 2. The van der Waals surface area contributed by atoms with Gasteiger partial charge in [-0.05, 0) is 30.2 Å². The maximum atomic E-state index is 9.31. The number of thioether (sulfide) groups is 1. The van der Waals surface area contributed by atoms with Gasteiger partial charge in [0.25, 0.3) is 0 Å². The third-order valence-corrected chi connectivity index (χ3v) is 3.72. The van der Waals surface area contributed by atoms with E-state index in [9.17, 15) is 5.11 Å². The van der Waals surface area contributed by atoms with Crippen LogP contribution in [0.4, 0.5) is 0 Å². The number of hydrogen-bond donors (Lipinski definition) is 1. The zero-order valence-corrected chi connectivity index (χ0v) is 10.8. The number of hydrogen-bond acceptors (Lipinski definition) is 2. The van der Waals surface area contributed by atoms with Crippen LogP contribution in [0.25, 0.3) is 0 Å². The summed E-state index contributed by atoms with van der Waals surface area (Å²) in [6.45, 7) is 0. The lowest BCUT2D eigenvalue weighted by Gasteiger charge is -2.03. The fourth-order valence-corrected chi connectivity index (χ4v) is 2.69. The molecule has 0 fully saturated rings. The maximum Gasteiger partial charge on any atom is 0.134 e. The Morgan fingerprint density at radius 3 is 2.53 bits per heavy atom. The molecule has 1 N–H and O–H groups in total. The van der Waals surface area contributed by atoms with E-state index in [-0.39, 0.29) is 5.75 Å². The van der Waals surface area contributed by atoms with E-state index in [4.69, 9.17) is 11.6 Å². The monoisotopic (exact) mass is 264 g/mol. The number of phenolic OH excluding ortho intramolecular Hbond substituents is 1. The molecule has 88 valence electrons. The van der Waals surface area contributed by atoms with Gasteiger partial charge in [0.15, 0.2) is 0 Å². The van der Waals surface area contributed by atoms with Crippen molar-refractivity contribution in [2.24, 2.45) is 0 Å². The van der Waals surface area contributed by atoms with Gasteiger partial charge in [0.1, 0.15) is 5.75 Å². The molecule has 0 saturated carbocycles. The lowest BCUT2D eigenvalue weighted by molar-refractivity contribution is 0.475. The van der Waals surface area contributed by atoms with E-state index >= 15 is 0 Å². The van der Waals surface area contributed by atoms with Crippen molar-refractivity contribution in [1.82, 2.24) is 0 Å². The molecule has 2 aromatic carbocycles. The van der Waals surface area contributed by atoms with E-state index in [0.29, 0.717) is 5.02 Å². The largest absolute Gasteiger partial charge is 0.506 e. The van der Waals surface area contributed by atoms with Gasteiger partial charge in [0.2, 0.25) is 0 Å². The van der Waals surface area contributed by atoms with E-state index in [1.165, 1.54) is 5.56 Å². The first-order valence-corrected chi connectivity index (χ1v) is 6.77. The van der Waals surface area contributed by atoms with E-state index in [0.717, 1.165) is 17.1 Å². The predicted molar refractivity (Wildman–Crippen MR) is 74.0 cm³/mol. The molecular formula is C14H13ClOS. The lowest BCUT2D eigenvalue weighted by atomic mass is 10.2. The smallest absolute Gasteiger partial charge is 0.134 e.